The molecule has 15 heavy (non-hydrogen) atoms. The van der Waals surface area contributed by atoms with Gasteiger partial charge in [0.25, 0.3) is 0 Å². The lowest BCUT2D eigenvalue weighted by Crippen LogP contribution is -2.55. The Hall–Kier alpha value is -0.120. The maximum atomic E-state index is 5.77. The summed E-state index contributed by atoms with van der Waals surface area (Å²) < 4.78 is 5.77. The van der Waals surface area contributed by atoms with Crippen molar-refractivity contribution < 1.29 is 4.74 Å². The van der Waals surface area contributed by atoms with Crippen molar-refractivity contribution >= 4 is 0 Å². The summed E-state index contributed by atoms with van der Waals surface area (Å²) >= 11 is 0. The number of morpholine rings is 1. The van der Waals surface area contributed by atoms with Gasteiger partial charge in [0, 0.05) is 25.7 Å². The average Bonchev–Trinajstić information content (AvgIpc) is 2.16. The summed E-state index contributed by atoms with van der Waals surface area (Å²) in [4.78, 5) is 2.61. The van der Waals surface area contributed by atoms with Crippen molar-refractivity contribution in [3.63, 3.8) is 0 Å². The molecule has 0 saturated carbocycles. The van der Waals surface area contributed by atoms with Crippen molar-refractivity contribution in [3.8, 4) is 0 Å². The molecule has 2 heterocycles. The minimum atomic E-state index is 0.394. The average molecular weight is 212 g/mol. The van der Waals surface area contributed by atoms with Crippen LogP contribution in [0.3, 0.4) is 0 Å². The van der Waals surface area contributed by atoms with Crippen molar-refractivity contribution in [2.24, 2.45) is 5.92 Å². The first-order valence-electron chi connectivity index (χ1n) is 6.25. The summed E-state index contributed by atoms with van der Waals surface area (Å²) in [5.74, 6) is 0.817. The van der Waals surface area contributed by atoms with Gasteiger partial charge in [-0.3, -0.25) is 4.90 Å². The topological polar surface area (TPSA) is 24.5 Å². The highest BCUT2D eigenvalue weighted by Crippen LogP contribution is 2.20. The van der Waals surface area contributed by atoms with Gasteiger partial charge in [0.15, 0.2) is 0 Å². The Morgan fingerprint density at radius 2 is 1.73 bits per heavy atom. The van der Waals surface area contributed by atoms with Crippen LogP contribution in [0.1, 0.15) is 27.2 Å². The number of nitrogens with one attached hydrogen (secondary N) is 1. The van der Waals surface area contributed by atoms with E-state index in [0.29, 0.717) is 12.2 Å². The number of piperidine rings is 1. The van der Waals surface area contributed by atoms with E-state index in [4.69, 9.17) is 4.74 Å². The molecule has 4 unspecified atom stereocenters. The summed E-state index contributed by atoms with van der Waals surface area (Å²) in [6.45, 7) is 11.2. The zero-order valence-corrected chi connectivity index (χ0v) is 10.2. The molecular weight excluding hydrogens is 188 g/mol. The molecule has 2 aliphatic heterocycles. The maximum Gasteiger partial charge on any atom is 0.0678 e. The van der Waals surface area contributed by atoms with Crippen LogP contribution in [0, 0.1) is 5.92 Å². The van der Waals surface area contributed by atoms with E-state index < -0.39 is 0 Å². The second kappa shape index (κ2) is 4.81. The standard InChI is InChI=1S/C12H24N2O/c1-9-4-12(6-13-5-9)14-7-10(2)15-11(3)8-14/h9-13H,4-8H2,1-3H3. The number of rotatable bonds is 1. The van der Waals surface area contributed by atoms with E-state index in [9.17, 15) is 0 Å². The first-order chi connectivity index (χ1) is 7.15. The zero-order chi connectivity index (χ0) is 10.8. The van der Waals surface area contributed by atoms with Crippen molar-refractivity contribution in [1.29, 1.82) is 0 Å². The van der Waals surface area contributed by atoms with Crippen LogP contribution in [0.4, 0.5) is 0 Å². The smallest absolute Gasteiger partial charge is 0.0678 e. The van der Waals surface area contributed by atoms with Crippen molar-refractivity contribution in [1.82, 2.24) is 10.2 Å². The molecule has 0 bridgehead atoms. The maximum absolute atomic E-state index is 5.77. The normalized spacial score (nSPS) is 44.2. The molecule has 0 amide bonds. The van der Waals surface area contributed by atoms with E-state index >= 15 is 0 Å². The second-order valence-electron chi connectivity index (χ2n) is 5.36. The summed E-state index contributed by atoms with van der Waals surface area (Å²) in [6.07, 6.45) is 2.13. The minimum Gasteiger partial charge on any atom is -0.373 e. The van der Waals surface area contributed by atoms with E-state index in [1.807, 2.05) is 0 Å². The van der Waals surface area contributed by atoms with E-state index in [0.717, 1.165) is 31.6 Å². The number of nitrogens with zero attached hydrogens (tertiary/aromatic N) is 1. The Morgan fingerprint density at radius 1 is 1.07 bits per heavy atom. The van der Waals surface area contributed by atoms with Gasteiger partial charge in [-0.25, -0.2) is 0 Å². The summed E-state index contributed by atoms with van der Waals surface area (Å²) in [7, 11) is 0. The molecular formula is C12H24N2O. The van der Waals surface area contributed by atoms with Gasteiger partial charge in [-0.1, -0.05) is 6.92 Å². The molecule has 1 N–H and O–H groups in total. The van der Waals surface area contributed by atoms with Crippen LogP contribution in [0.5, 0.6) is 0 Å². The van der Waals surface area contributed by atoms with Gasteiger partial charge in [0.05, 0.1) is 12.2 Å². The highest BCUT2D eigenvalue weighted by molar-refractivity contribution is 4.85. The summed E-state index contributed by atoms with van der Waals surface area (Å²) in [5, 5.41) is 3.53. The Morgan fingerprint density at radius 3 is 2.33 bits per heavy atom. The summed E-state index contributed by atoms with van der Waals surface area (Å²) in [6, 6.07) is 0.725. The predicted molar refractivity (Wildman–Crippen MR) is 62.0 cm³/mol. The van der Waals surface area contributed by atoms with Crippen LogP contribution in [-0.2, 0) is 4.74 Å². The molecule has 3 nitrogen and oxygen atoms in total. The SMILES string of the molecule is CC1CNCC(N2CC(C)OC(C)C2)C1. The first-order valence-corrected chi connectivity index (χ1v) is 6.25. The Bertz CT molecular complexity index is 200. The lowest BCUT2D eigenvalue weighted by molar-refractivity contribution is -0.0840. The fraction of sp³-hybridized carbons (Fsp3) is 1.00. The molecule has 0 aromatic rings. The molecule has 0 aliphatic carbocycles. The van der Waals surface area contributed by atoms with Crippen LogP contribution in [-0.4, -0.2) is 49.3 Å². The highest BCUT2D eigenvalue weighted by Gasteiger charge is 2.30. The van der Waals surface area contributed by atoms with Crippen LogP contribution >= 0.6 is 0 Å². The van der Waals surface area contributed by atoms with Gasteiger partial charge in [0.1, 0.15) is 0 Å². The highest BCUT2D eigenvalue weighted by atomic mass is 16.5. The zero-order valence-electron chi connectivity index (χ0n) is 10.2. The quantitative estimate of drug-likeness (QED) is 0.704. The molecule has 0 radical (unpaired) electrons. The van der Waals surface area contributed by atoms with Crippen LogP contribution in [0.15, 0.2) is 0 Å². The van der Waals surface area contributed by atoms with Gasteiger partial charge in [-0.05, 0) is 32.7 Å². The second-order valence-corrected chi connectivity index (χ2v) is 5.36. The van der Waals surface area contributed by atoms with E-state index in [1.54, 1.807) is 0 Å². The lowest BCUT2D eigenvalue weighted by atomic mass is 9.95. The number of ether oxygens (including phenoxy) is 1. The largest absolute Gasteiger partial charge is 0.373 e. The molecule has 0 spiro atoms. The van der Waals surface area contributed by atoms with E-state index in [1.165, 1.54) is 13.0 Å². The lowest BCUT2D eigenvalue weighted by Gasteiger charge is -2.43. The van der Waals surface area contributed by atoms with Gasteiger partial charge in [-0.2, -0.15) is 0 Å². The Labute approximate surface area is 93.2 Å². The Balaban J connectivity index is 1.91. The molecule has 2 saturated heterocycles. The van der Waals surface area contributed by atoms with Gasteiger partial charge < -0.3 is 10.1 Å². The van der Waals surface area contributed by atoms with Crippen molar-refractivity contribution in [2.75, 3.05) is 26.2 Å². The molecule has 3 heteroatoms. The van der Waals surface area contributed by atoms with Crippen LogP contribution in [0.2, 0.25) is 0 Å². The van der Waals surface area contributed by atoms with Crippen LogP contribution in [0.25, 0.3) is 0 Å². The van der Waals surface area contributed by atoms with E-state index in [2.05, 4.69) is 31.0 Å². The van der Waals surface area contributed by atoms with Crippen molar-refractivity contribution in [2.45, 2.75) is 45.4 Å². The molecule has 88 valence electrons. The third-order valence-corrected chi connectivity index (χ3v) is 3.51. The molecule has 2 fully saturated rings. The molecule has 0 aromatic heterocycles. The van der Waals surface area contributed by atoms with Gasteiger partial charge in [0.2, 0.25) is 0 Å². The van der Waals surface area contributed by atoms with E-state index in [-0.39, 0.29) is 0 Å². The molecule has 2 rings (SSSR count). The third kappa shape index (κ3) is 2.92. The monoisotopic (exact) mass is 212 g/mol. The Kier molecular flexibility index (Phi) is 3.65. The first kappa shape index (κ1) is 11.4. The van der Waals surface area contributed by atoms with Gasteiger partial charge in [-0.15, -0.1) is 0 Å². The fourth-order valence-electron chi connectivity index (χ4n) is 2.92. The third-order valence-electron chi connectivity index (χ3n) is 3.51. The van der Waals surface area contributed by atoms with Gasteiger partial charge >= 0.3 is 0 Å². The number of hydrogen-bond acceptors (Lipinski definition) is 3. The minimum absolute atomic E-state index is 0.394. The van der Waals surface area contributed by atoms with Crippen LogP contribution < -0.4 is 5.32 Å². The predicted octanol–water partition coefficient (Wildman–Crippen LogP) is 1.09. The summed E-state index contributed by atoms with van der Waals surface area (Å²) in [5.41, 5.74) is 0. The molecule has 0 aromatic carbocycles. The molecule has 4 atom stereocenters. The fourth-order valence-corrected chi connectivity index (χ4v) is 2.92. The van der Waals surface area contributed by atoms with Crippen molar-refractivity contribution in [3.05, 3.63) is 0 Å². The molecule has 2 aliphatic rings. The number of hydrogen-bond donors (Lipinski definition) is 1.